The molecule has 0 amide bonds. The van der Waals surface area contributed by atoms with Gasteiger partial charge in [0.1, 0.15) is 18.2 Å². The van der Waals surface area contributed by atoms with Crippen LogP contribution in [0.25, 0.3) is 0 Å². The summed E-state index contributed by atoms with van der Waals surface area (Å²) in [5.41, 5.74) is 2.62. The van der Waals surface area contributed by atoms with Crippen LogP contribution < -0.4 is 15.2 Å². The number of rotatable bonds is 7. The van der Waals surface area contributed by atoms with E-state index in [0.29, 0.717) is 24.5 Å². The lowest BCUT2D eigenvalue weighted by Crippen LogP contribution is -2.28. The Hall–Kier alpha value is -2.27. The van der Waals surface area contributed by atoms with Gasteiger partial charge >= 0.3 is 10.3 Å². The van der Waals surface area contributed by atoms with Gasteiger partial charge in [0.15, 0.2) is 0 Å². The quantitative estimate of drug-likeness (QED) is 0.610. The van der Waals surface area contributed by atoms with Gasteiger partial charge in [-0.25, -0.2) is 15.1 Å². The van der Waals surface area contributed by atoms with E-state index in [1.54, 1.807) is 6.07 Å². The Morgan fingerprint density at radius 3 is 2.86 bits per heavy atom. The highest BCUT2D eigenvalue weighted by Gasteiger charge is 2.38. The molecule has 1 saturated carbocycles. The van der Waals surface area contributed by atoms with E-state index in [0.717, 1.165) is 12.8 Å². The third-order valence-corrected chi connectivity index (χ3v) is 5.98. The first-order valence-electron chi connectivity index (χ1n) is 9.56. The van der Waals surface area contributed by atoms with Crippen molar-refractivity contribution in [2.24, 2.45) is 11.1 Å². The van der Waals surface area contributed by atoms with E-state index >= 15 is 0 Å². The Bertz CT molecular complexity index is 971. The lowest BCUT2D eigenvalue weighted by Gasteiger charge is -2.16. The molecule has 2 aliphatic rings. The summed E-state index contributed by atoms with van der Waals surface area (Å²) in [5, 5.41) is 17.9. The number of benzene rings is 1. The molecule has 4 rings (SSSR count). The van der Waals surface area contributed by atoms with Crippen LogP contribution in [0.2, 0.25) is 0 Å². The number of hydrogen-bond acceptors (Lipinski definition) is 8. The van der Waals surface area contributed by atoms with E-state index in [2.05, 4.69) is 27.4 Å². The first-order chi connectivity index (χ1) is 13.9. The molecule has 1 heterocycles. The summed E-state index contributed by atoms with van der Waals surface area (Å²) in [6.07, 6.45) is 3.13. The van der Waals surface area contributed by atoms with Gasteiger partial charge in [0.2, 0.25) is 5.88 Å². The molecule has 2 aliphatic carbocycles. The average Bonchev–Trinajstić information content (AvgIpc) is 3.24. The largest absolute Gasteiger partial charge is 0.474 e. The minimum Gasteiger partial charge on any atom is -0.474 e. The lowest BCUT2D eigenvalue weighted by molar-refractivity contribution is 0.115. The minimum absolute atomic E-state index is 0.187. The number of nitrogens with one attached hydrogen (secondary N) is 1. The zero-order valence-corrected chi connectivity index (χ0v) is 16.6. The second-order valence-electron chi connectivity index (χ2n) is 7.46. The van der Waals surface area contributed by atoms with Gasteiger partial charge in [0.05, 0.1) is 12.1 Å². The van der Waals surface area contributed by atoms with Crippen LogP contribution in [0.1, 0.15) is 36.4 Å². The van der Waals surface area contributed by atoms with Gasteiger partial charge in [-0.3, -0.25) is 4.18 Å². The Labute approximate surface area is 169 Å². The van der Waals surface area contributed by atoms with E-state index in [1.807, 2.05) is 12.1 Å². The summed E-state index contributed by atoms with van der Waals surface area (Å²) in [6.45, 7) is -0.211. The van der Waals surface area contributed by atoms with Crippen LogP contribution in [0.4, 0.5) is 5.82 Å². The minimum atomic E-state index is -4.09. The molecule has 1 fully saturated rings. The molecule has 29 heavy (non-hydrogen) atoms. The number of nitrogens with two attached hydrogens (primary N) is 1. The fourth-order valence-corrected chi connectivity index (χ4v) is 4.74. The van der Waals surface area contributed by atoms with Crippen LogP contribution in [-0.4, -0.2) is 42.3 Å². The molecule has 0 bridgehead atoms. The fourth-order valence-electron chi connectivity index (χ4n) is 4.15. The molecule has 1 aromatic carbocycles. The third-order valence-electron chi connectivity index (χ3n) is 5.46. The molecule has 0 spiro atoms. The van der Waals surface area contributed by atoms with Crippen LogP contribution in [0.3, 0.4) is 0 Å². The van der Waals surface area contributed by atoms with Crippen molar-refractivity contribution in [2.75, 3.05) is 11.9 Å². The number of aromatic nitrogens is 2. The number of aryl methyl sites for hydroxylation is 1. The predicted molar refractivity (Wildman–Crippen MR) is 105 cm³/mol. The number of fused-ring (bicyclic) bond motifs is 1. The van der Waals surface area contributed by atoms with Gasteiger partial charge in [-0.15, -0.1) is 0 Å². The molecule has 4 N–H and O–H groups in total. The highest BCUT2D eigenvalue weighted by Crippen LogP contribution is 2.34. The number of aliphatic hydroxyl groups is 1. The maximum atomic E-state index is 11.2. The van der Waals surface area contributed by atoms with Crippen molar-refractivity contribution in [1.82, 2.24) is 9.97 Å². The summed E-state index contributed by atoms with van der Waals surface area (Å²) in [5.74, 6) is 0.671. The van der Waals surface area contributed by atoms with Crippen molar-refractivity contribution in [3.8, 4) is 5.88 Å². The van der Waals surface area contributed by atoms with Gasteiger partial charge < -0.3 is 15.2 Å². The standard InChI is InChI=1S/C19H24N4O5S/c20-29(25,26)28-17-8-14(7-13(17)10-24)27-19-9-18(21-11-22-19)23-16-6-5-12-3-1-2-4-15(12)16/h1-4,9,11,13-14,16-17,24H,5-8,10H2,(H2,20,25,26)(H,21,22,23)/t13-,14+,16-,17-/m0/s1. The smallest absolute Gasteiger partial charge is 0.333 e. The van der Waals surface area contributed by atoms with Crippen molar-refractivity contribution >= 4 is 16.1 Å². The van der Waals surface area contributed by atoms with E-state index in [9.17, 15) is 13.5 Å². The summed E-state index contributed by atoms with van der Waals surface area (Å²) < 4.78 is 33.2. The maximum absolute atomic E-state index is 11.2. The van der Waals surface area contributed by atoms with Crippen LogP contribution in [0.5, 0.6) is 5.88 Å². The Kier molecular flexibility index (Phi) is 5.68. The molecule has 0 aliphatic heterocycles. The van der Waals surface area contributed by atoms with Crippen LogP contribution in [0.15, 0.2) is 36.7 Å². The number of ether oxygens (including phenoxy) is 1. The Morgan fingerprint density at radius 2 is 2.07 bits per heavy atom. The van der Waals surface area contributed by atoms with Crippen molar-refractivity contribution < 1.29 is 22.4 Å². The van der Waals surface area contributed by atoms with E-state index in [4.69, 9.17) is 14.1 Å². The predicted octanol–water partition coefficient (Wildman–Crippen LogP) is 1.31. The number of anilines is 1. The molecule has 0 unspecified atom stereocenters. The monoisotopic (exact) mass is 420 g/mol. The molecule has 10 heteroatoms. The van der Waals surface area contributed by atoms with Gasteiger partial charge in [0, 0.05) is 25.0 Å². The van der Waals surface area contributed by atoms with Crippen LogP contribution >= 0.6 is 0 Å². The lowest BCUT2D eigenvalue weighted by atomic mass is 10.1. The van der Waals surface area contributed by atoms with Crippen LogP contribution in [-0.2, 0) is 20.9 Å². The molecule has 9 nitrogen and oxygen atoms in total. The zero-order valence-electron chi connectivity index (χ0n) is 15.8. The normalized spacial score (nSPS) is 26.3. The fraction of sp³-hybridized carbons (Fsp3) is 0.474. The van der Waals surface area contributed by atoms with Gasteiger partial charge in [-0.05, 0) is 30.4 Å². The first kappa shape index (κ1) is 20.0. The first-order valence-corrected chi connectivity index (χ1v) is 11.0. The topological polar surface area (TPSA) is 137 Å². The molecule has 4 atom stereocenters. The molecule has 0 saturated heterocycles. The third kappa shape index (κ3) is 4.84. The zero-order chi connectivity index (χ0) is 20.4. The summed E-state index contributed by atoms with van der Waals surface area (Å²) >= 11 is 0. The van der Waals surface area contributed by atoms with Crippen molar-refractivity contribution in [3.05, 3.63) is 47.8 Å². The summed E-state index contributed by atoms with van der Waals surface area (Å²) in [6, 6.07) is 10.3. The molecular formula is C19H24N4O5S. The SMILES string of the molecule is NS(=O)(=O)O[C@H]1C[C@H](Oc2cc(N[C@H]3CCc4ccccc43)ncn2)C[C@H]1CO. The van der Waals surface area contributed by atoms with Crippen LogP contribution in [0, 0.1) is 5.92 Å². The van der Waals surface area contributed by atoms with Crippen molar-refractivity contribution in [2.45, 2.75) is 43.9 Å². The highest BCUT2D eigenvalue weighted by molar-refractivity contribution is 7.84. The highest BCUT2D eigenvalue weighted by atomic mass is 32.2. The molecule has 156 valence electrons. The maximum Gasteiger partial charge on any atom is 0.333 e. The second kappa shape index (κ2) is 8.23. The Morgan fingerprint density at radius 1 is 1.24 bits per heavy atom. The van der Waals surface area contributed by atoms with Crippen molar-refractivity contribution in [3.63, 3.8) is 0 Å². The molecular weight excluding hydrogens is 396 g/mol. The molecule has 0 radical (unpaired) electrons. The average molecular weight is 420 g/mol. The number of hydrogen-bond donors (Lipinski definition) is 3. The van der Waals surface area contributed by atoms with Crippen molar-refractivity contribution in [1.29, 1.82) is 0 Å². The van der Waals surface area contributed by atoms with E-state index in [-0.39, 0.29) is 24.7 Å². The number of nitrogens with zero attached hydrogens (tertiary/aromatic N) is 2. The van der Waals surface area contributed by atoms with E-state index in [1.165, 1.54) is 17.5 Å². The number of aliphatic hydroxyl groups excluding tert-OH is 1. The summed E-state index contributed by atoms with van der Waals surface area (Å²) in [4.78, 5) is 8.43. The Balaban J connectivity index is 1.41. The van der Waals surface area contributed by atoms with Gasteiger partial charge in [0.25, 0.3) is 0 Å². The molecule has 1 aromatic heterocycles. The second-order valence-corrected chi connectivity index (χ2v) is 8.64. The van der Waals surface area contributed by atoms with Gasteiger partial charge in [-0.2, -0.15) is 8.42 Å². The molecule has 2 aromatic rings. The van der Waals surface area contributed by atoms with E-state index < -0.39 is 16.4 Å². The summed E-state index contributed by atoms with van der Waals surface area (Å²) in [7, 11) is -4.09. The van der Waals surface area contributed by atoms with Gasteiger partial charge in [-0.1, -0.05) is 24.3 Å².